The van der Waals surface area contributed by atoms with E-state index in [1.807, 2.05) is 66.3 Å². The van der Waals surface area contributed by atoms with Gasteiger partial charge in [0.15, 0.2) is 0 Å². The van der Waals surface area contributed by atoms with Crippen molar-refractivity contribution in [1.82, 2.24) is 40.4 Å². The molecule has 2 aromatic carbocycles. The maximum absolute atomic E-state index is 13.8. The molecule has 4 amide bonds. The summed E-state index contributed by atoms with van der Waals surface area (Å²) in [5.41, 5.74) is 5.38. The molecule has 2 aromatic heterocycles. The summed E-state index contributed by atoms with van der Waals surface area (Å²) in [6.45, 7) is 3.28. The number of rotatable bonds is 11. The summed E-state index contributed by atoms with van der Waals surface area (Å²) in [6, 6.07) is 13.7. The molecule has 51 heavy (non-hydrogen) atoms. The van der Waals surface area contributed by atoms with Gasteiger partial charge in [0, 0.05) is 55.4 Å². The van der Waals surface area contributed by atoms with E-state index in [1.54, 1.807) is 10.7 Å². The number of nitrogens with one attached hydrogen (secondary N) is 3. The third-order valence-electron chi connectivity index (χ3n) is 10.4. The van der Waals surface area contributed by atoms with E-state index in [2.05, 4.69) is 35.7 Å². The first-order valence-corrected chi connectivity index (χ1v) is 18.6. The monoisotopic (exact) mass is 711 g/mol. The van der Waals surface area contributed by atoms with Crippen molar-refractivity contribution in [3.63, 3.8) is 0 Å². The van der Waals surface area contributed by atoms with Gasteiger partial charge in [0.2, 0.25) is 5.91 Å². The van der Waals surface area contributed by atoms with E-state index < -0.39 is 0 Å². The highest BCUT2D eigenvalue weighted by atomic mass is 32.2. The van der Waals surface area contributed by atoms with Crippen LogP contribution in [0.4, 0.5) is 10.5 Å². The second kappa shape index (κ2) is 13.6. The number of amides is 4. The van der Waals surface area contributed by atoms with Crippen LogP contribution in [0.3, 0.4) is 0 Å². The molecule has 2 saturated heterocycles. The van der Waals surface area contributed by atoms with Crippen LogP contribution in [0, 0.1) is 0 Å². The van der Waals surface area contributed by atoms with E-state index in [0.29, 0.717) is 55.6 Å². The second-order valence-electron chi connectivity index (χ2n) is 13.7. The number of esters is 1. The van der Waals surface area contributed by atoms with E-state index in [1.165, 1.54) is 6.92 Å². The Hall–Kier alpha value is -5.05. The van der Waals surface area contributed by atoms with Crippen molar-refractivity contribution in [2.75, 3.05) is 30.8 Å². The maximum atomic E-state index is 13.8. The molecule has 4 aromatic rings. The Morgan fingerprint density at radius 3 is 2.84 bits per heavy atom. The topological polar surface area (TPSA) is 156 Å². The van der Waals surface area contributed by atoms with Crippen molar-refractivity contribution in [2.45, 2.75) is 75.6 Å². The number of para-hydroxylation sites is 1. The molecule has 266 valence electrons. The minimum atomic E-state index is -0.383. The van der Waals surface area contributed by atoms with Crippen LogP contribution < -0.4 is 25.6 Å². The lowest BCUT2D eigenvalue weighted by Gasteiger charge is -2.46. The van der Waals surface area contributed by atoms with Gasteiger partial charge >= 0.3 is 12.0 Å². The summed E-state index contributed by atoms with van der Waals surface area (Å²) in [6.07, 6.45) is 5.40. The zero-order valence-electron chi connectivity index (χ0n) is 28.6. The van der Waals surface area contributed by atoms with Crippen molar-refractivity contribution in [3.8, 4) is 5.75 Å². The van der Waals surface area contributed by atoms with E-state index in [0.717, 1.165) is 58.6 Å². The zero-order chi connectivity index (χ0) is 35.2. The van der Waals surface area contributed by atoms with Gasteiger partial charge in [-0.2, -0.15) is 11.8 Å². The Balaban J connectivity index is 0.942. The van der Waals surface area contributed by atoms with Gasteiger partial charge < -0.3 is 35.1 Å². The first-order valence-electron chi connectivity index (χ1n) is 17.6. The SMILES string of the molecule is CC(=O)Oc1ccc2c(c1)c1c(n2Cc2cn(CCNC(=O)CCCC[C@@H]3SC[C@@H]4NC(=O)N[C@@H]43)nn2)C2N(CC1)C(=O)c1ccccc1N2C. The van der Waals surface area contributed by atoms with Gasteiger partial charge in [0.05, 0.1) is 48.3 Å². The Kier molecular flexibility index (Phi) is 8.82. The van der Waals surface area contributed by atoms with Crippen LogP contribution >= 0.6 is 11.8 Å². The highest BCUT2D eigenvalue weighted by Crippen LogP contribution is 2.45. The summed E-state index contributed by atoms with van der Waals surface area (Å²) in [4.78, 5) is 53.8. The lowest BCUT2D eigenvalue weighted by molar-refractivity contribution is -0.131. The number of urea groups is 1. The number of aromatic nitrogens is 4. The van der Waals surface area contributed by atoms with Gasteiger partial charge in [-0.3, -0.25) is 19.1 Å². The molecule has 6 heterocycles. The quantitative estimate of drug-likeness (QED) is 0.0921. The number of benzene rings is 2. The standard InChI is InChI=1S/C36H41N9O5S/c1-21(46)50-23-11-12-29-26(17-23)24-13-15-44-34(42(2)28-8-4-3-7-25(28)35(44)48)33(24)45(29)19-22-18-43(41-40-22)16-14-37-31(47)10-6-5-9-30-32-27(20-51-30)38-36(49)39-32/h3-4,7-8,11-12,17-18,27,30,32,34H,5-6,9-10,13-16,19-20H2,1-2H3,(H,37,47)(H2,38,39,49)/t27-,30-,32-,34?/m0/s1. The molecule has 0 bridgehead atoms. The normalized spacial score (nSPS) is 21.8. The molecule has 0 spiro atoms. The molecule has 4 aliphatic rings. The highest BCUT2D eigenvalue weighted by Gasteiger charge is 2.44. The summed E-state index contributed by atoms with van der Waals surface area (Å²) >= 11 is 1.89. The number of carbonyl (C=O) groups is 4. The number of hydrogen-bond acceptors (Lipinski definition) is 9. The van der Waals surface area contributed by atoms with Crippen molar-refractivity contribution < 1.29 is 23.9 Å². The average Bonchev–Trinajstić information content (AvgIpc) is 3.89. The minimum absolute atomic E-state index is 0.00678. The molecular formula is C36H41N9O5S. The molecule has 3 N–H and O–H groups in total. The lowest BCUT2D eigenvalue weighted by atomic mass is 9.96. The molecule has 0 aliphatic carbocycles. The number of unbranched alkanes of at least 4 members (excludes halogenated alkanes) is 1. The molecule has 0 radical (unpaired) electrons. The summed E-state index contributed by atoms with van der Waals surface area (Å²) in [5, 5.41) is 19.2. The first-order chi connectivity index (χ1) is 24.7. The number of fused-ring (bicyclic) bond motifs is 7. The lowest BCUT2D eigenvalue weighted by Crippen LogP contribution is -2.51. The smallest absolute Gasteiger partial charge is 0.315 e. The van der Waals surface area contributed by atoms with Crippen molar-refractivity contribution in [3.05, 3.63) is 71.2 Å². The summed E-state index contributed by atoms with van der Waals surface area (Å²) in [5.74, 6) is 1.05. The van der Waals surface area contributed by atoms with Crippen LogP contribution in [-0.2, 0) is 29.1 Å². The number of nitrogens with zero attached hydrogens (tertiary/aromatic N) is 6. The van der Waals surface area contributed by atoms with Crippen molar-refractivity contribution in [1.29, 1.82) is 0 Å². The largest absolute Gasteiger partial charge is 0.427 e. The van der Waals surface area contributed by atoms with Crippen LogP contribution in [0.25, 0.3) is 10.9 Å². The Morgan fingerprint density at radius 1 is 1.12 bits per heavy atom. The van der Waals surface area contributed by atoms with Gasteiger partial charge in [-0.1, -0.05) is 23.8 Å². The number of anilines is 1. The van der Waals surface area contributed by atoms with E-state index in [-0.39, 0.29) is 42.1 Å². The van der Waals surface area contributed by atoms with E-state index in [9.17, 15) is 19.2 Å². The van der Waals surface area contributed by atoms with Gasteiger partial charge in [-0.05, 0) is 55.2 Å². The fraction of sp³-hybridized carbons (Fsp3) is 0.444. The molecule has 2 fully saturated rings. The van der Waals surface area contributed by atoms with Crippen molar-refractivity contribution in [2.24, 2.45) is 0 Å². The molecule has 15 heteroatoms. The van der Waals surface area contributed by atoms with Crippen molar-refractivity contribution >= 4 is 52.2 Å². The summed E-state index contributed by atoms with van der Waals surface area (Å²) in [7, 11) is 2.02. The van der Waals surface area contributed by atoms with Gasteiger partial charge in [-0.15, -0.1) is 5.10 Å². The number of carbonyl (C=O) groups excluding carboxylic acids is 4. The average molecular weight is 712 g/mol. The van der Waals surface area contributed by atoms with Gasteiger partial charge in [-0.25, -0.2) is 4.79 Å². The fourth-order valence-corrected chi connectivity index (χ4v) is 9.63. The Labute approximate surface area is 299 Å². The zero-order valence-corrected chi connectivity index (χ0v) is 29.4. The fourth-order valence-electron chi connectivity index (χ4n) is 8.09. The Morgan fingerprint density at radius 2 is 1.98 bits per heavy atom. The predicted octanol–water partition coefficient (Wildman–Crippen LogP) is 3.20. The number of ether oxygens (including phenoxy) is 1. The third-order valence-corrected chi connectivity index (χ3v) is 11.9. The van der Waals surface area contributed by atoms with Gasteiger partial charge in [0.1, 0.15) is 17.6 Å². The summed E-state index contributed by atoms with van der Waals surface area (Å²) < 4.78 is 9.40. The van der Waals surface area contributed by atoms with Crippen LogP contribution in [0.2, 0.25) is 0 Å². The molecule has 14 nitrogen and oxygen atoms in total. The molecule has 8 rings (SSSR count). The molecule has 4 aliphatic heterocycles. The minimum Gasteiger partial charge on any atom is -0.427 e. The Bertz CT molecular complexity index is 2030. The predicted molar refractivity (Wildman–Crippen MR) is 192 cm³/mol. The molecule has 1 unspecified atom stereocenters. The second-order valence-corrected chi connectivity index (χ2v) is 14.9. The first kappa shape index (κ1) is 33.1. The van der Waals surface area contributed by atoms with Gasteiger partial charge in [0.25, 0.3) is 5.91 Å². The molecular weight excluding hydrogens is 671 g/mol. The highest BCUT2D eigenvalue weighted by molar-refractivity contribution is 8.00. The van der Waals surface area contributed by atoms with Crippen LogP contribution in [0.5, 0.6) is 5.75 Å². The molecule has 4 atom stereocenters. The molecule has 0 saturated carbocycles. The van der Waals surface area contributed by atoms with E-state index >= 15 is 0 Å². The van der Waals surface area contributed by atoms with Crippen LogP contribution in [0.15, 0.2) is 48.7 Å². The maximum Gasteiger partial charge on any atom is 0.315 e. The number of hydrogen-bond donors (Lipinski definition) is 3. The number of thioether (sulfide) groups is 1. The van der Waals surface area contributed by atoms with E-state index in [4.69, 9.17) is 4.74 Å². The third kappa shape index (κ3) is 6.28. The van der Waals surface area contributed by atoms with Crippen LogP contribution in [-0.4, -0.2) is 91.5 Å². The van der Waals surface area contributed by atoms with Crippen LogP contribution in [0.1, 0.15) is 66.1 Å².